The molecule has 0 saturated carbocycles. The molecule has 2 rings (SSSR count). The molecule has 0 spiro atoms. The molecule has 0 aliphatic carbocycles. The zero-order valence-electron chi connectivity index (χ0n) is 13.2. The van der Waals surface area contributed by atoms with Gasteiger partial charge in [0.2, 0.25) is 0 Å². The fourth-order valence-corrected chi connectivity index (χ4v) is 3.61. The molecule has 146 valence electrons. The highest BCUT2D eigenvalue weighted by Crippen LogP contribution is 2.37. The lowest BCUT2D eigenvalue weighted by Gasteiger charge is -2.14. The van der Waals surface area contributed by atoms with Gasteiger partial charge in [-0.15, -0.1) is 0 Å². The van der Waals surface area contributed by atoms with E-state index in [1.54, 1.807) is 0 Å². The van der Waals surface area contributed by atoms with E-state index in [1.807, 2.05) is 0 Å². The molecule has 0 unspecified atom stereocenters. The van der Waals surface area contributed by atoms with Crippen molar-refractivity contribution in [2.75, 3.05) is 5.32 Å². The molecule has 0 aliphatic rings. The van der Waals surface area contributed by atoms with Gasteiger partial charge in [0, 0.05) is 5.02 Å². The molecule has 0 aliphatic heterocycles. The van der Waals surface area contributed by atoms with Crippen LogP contribution in [0.3, 0.4) is 0 Å². The van der Waals surface area contributed by atoms with E-state index >= 15 is 0 Å². The molecular weight excluding hydrogens is 454 g/mol. The standard InChI is InChI=1S/C15H9Cl3F3NO4S/c1-6-8(16)5-10(18)13(23)12(6)14(24)22-11-3-2-7(4-9(11)17)27(25,26)15(19,20)21/h2-5,23H,1H3,(H,22,24). The van der Waals surface area contributed by atoms with E-state index in [0.717, 1.165) is 6.07 Å². The Morgan fingerprint density at radius 1 is 1.07 bits per heavy atom. The number of alkyl halides is 3. The van der Waals surface area contributed by atoms with Crippen LogP contribution in [-0.4, -0.2) is 24.9 Å². The van der Waals surface area contributed by atoms with Crippen LogP contribution in [-0.2, 0) is 9.84 Å². The van der Waals surface area contributed by atoms with Gasteiger partial charge in [0.1, 0.15) is 5.75 Å². The summed E-state index contributed by atoms with van der Waals surface area (Å²) in [6.45, 7) is 1.44. The van der Waals surface area contributed by atoms with Crippen LogP contribution in [0.15, 0.2) is 29.2 Å². The minimum absolute atomic E-state index is 0.0978. The van der Waals surface area contributed by atoms with Gasteiger partial charge in [-0.1, -0.05) is 34.8 Å². The number of aromatic hydroxyl groups is 1. The Labute approximate surface area is 166 Å². The Hall–Kier alpha value is -1.68. The first-order chi connectivity index (χ1) is 12.3. The van der Waals surface area contributed by atoms with Crippen LogP contribution in [0.4, 0.5) is 18.9 Å². The van der Waals surface area contributed by atoms with Crippen LogP contribution in [0.2, 0.25) is 15.1 Å². The van der Waals surface area contributed by atoms with E-state index in [9.17, 15) is 31.5 Å². The third-order valence-corrected chi connectivity index (χ3v) is 5.96. The van der Waals surface area contributed by atoms with Crippen molar-refractivity contribution < 1.29 is 31.5 Å². The first kappa shape index (κ1) is 21.6. The highest BCUT2D eigenvalue weighted by atomic mass is 35.5. The average Bonchev–Trinajstić information content (AvgIpc) is 2.54. The summed E-state index contributed by atoms with van der Waals surface area (Å²) in [7, 11) is -5.59. The van der Waals surface area contributed by atoms with Crippen LogP contribution >= 0.6 is 34.8 Å². The van der Waals surface area contributed by atoms with Crippen molar-refractivity contribution in [3.63, 3.8) is 0 Å². The van der Waals surface area contributed by atoms with Crippen molar-refractivity contribution in [1.82, 2.24) is 0 Å². The Morgan fingerprint density at radius 3 is 2.19 bits per heavy atom. The van der Waals surface area contributed by atoms with Gasteiger partial charge in [-0.2, -0.15) is 13.2 Å². The van der Waals surface area contributed by atoms with E-state index in [-0.39, 0.29) is 26.9 Å². The van der Waals surface area contributed by atoms with E-state index in [0.29, 0.717) is 12.1 Å². The second-order valence-corrected chi connectivity index (χ2v) is 8.40. The Morgan fingerprint density at radius 2 is 1.67 bits per heavy atom. The van der Waals surface area contributed by atoms with Gasteiger partial charge in [-0.3, -0.25) is 4.79 Å². The van der Waals surface area contributed by atoms with Gasteiger partial charge in [-0.05, 0) is 36.8 Å². The number of nitrogens with one attached hydrogen (secondary N) is 1. The maximum absolute atomic E-state index is 12.6. The SMILES string of the molecule is Cc1c(Cl)cc(Cl)c(O)c1C(=O)Nc1ccc(S(=O)(=O)C(F)(F)F)cc1Cl. The second-order valence-electron chi connectivity index (χ2n) is 5.23. The minimum Gasteiger partial charge on any atom is -0.506 e. The van der Waals surface area contributed by atoms with Gasteiger partial charge in [0.15, 0.2) is 0 Å². The highest BCUT2D eigenvalue weighted by molar-refractivity contribution is 7.92. The summed E-state index contributed by atoms with van der Waals surface area (Å²) >= 11 is 17.5. The molecule has 2 aromatic rings. The van der Waals surface area contributed by atoms with Gasteiger partial charge in [-0.25, -0.2) is 8.42 Å². The van der Waals surface area contributed by atoms with Crippen molar-refractivity contribution in [3.8, 4) is 5.75 Å². The Bertz CT molecular complexity index is 1010. The number of hydrogen-bond donors (Lipinski definition) is 2. The van der Waals surface area contributed by atoms with Crippen LogP contribution in [0.25, 0.3) is 0 Å². The number of benzene rings is 2. The summed E-state index contributed by atoms with van der Waals surface area (Å²) < 4.78 is 60.6. The second kappa shape index (κ2) is 7.38. The van der Waals surface area contributed by atoms with E-state index in [4.69, 9.17) is 34.8 Å². The molecule has 0 atom stereocenters. The van der Waals surface area contributed by atoms with Crippen molar-refractivity contribution in [2.24, 2.45) is 0 Å². The van der Waals surface area contributed by atoms with Crippen LogP contribution < -0.4 is 5.32 Å². The average molecular weight is 463 g/mol. The van der Waals surface area contributed by atoms with Gasteiger partial charge in [0.05, 0.1) is 26.2 Å². The third kappa shape index (κ3) is 4.11. The van der Waals surface area contributed by atoms with Gasteiger partial charge >= 0.3 is 5.51 Å². The normalized spacial score (nSPS) is 12.1. The van der Waals surface area contributed by atoms with E-state index in [2.05, 4.69) is 5.32 Å². The summed E-state index contributed by atoms with van der Waals surface area (Å²) in [6, 6.07) is 3.31. The number of anilines is 1. The summed E-state index contributed by atoms with van der Waals surface area (Å²) in [4.78, 5) is 11.3. The number of carbonyl (C=O) groups excluding carboxylic acids is 1. The predicted octanol–water partition coefficient (Wildman–Crippen LogP) is 5.21. The van der Waals surface area contributed by atoms with Crippen LogP contribution in [0, 0.1) is 6.92 Å². The molecule has 0 fully saturated rings. The summed E-state index contributed by atoms with van der Waals surface area (Å²) in [5.74, 6) is -1.45. The zero-order chi connectivity index (χ0) is 20.7. The number of rotatable bonds is 3. The third-order valence-electron chi connectivity index (χ3n) is 3.48. The quantitative estimate of drug-likeness (QED) is 0.656. The number of amides is 1. The monoisotopic (exact) mass is 461 g/mol. The number of phenolic OH excluding ortho intramolecular Hbond substituents is 1. The fraction of sp³-hybridized carbons (Fsp3) is 0.133. The maximum Gasteiger partial charge on any atom is 0.501 e. The molecule has 0 radical (unpaired) electrons. The molecule has 0 aromatic heterocycles. The van der Waals surface area contributed by atoms with Crippen LogP contribution in [0.5, 0.6) is 5.75 Å². The fourth-order valence-electron chi connectivity index (χ4n) is 2.06. The zero-order valence-corrected chi connectivity index (χ0v) is 16.2. The summed E-state index contributed by atoms with van der Waals surface area (Å²) in [5, 5.41) is 11.7. The lowest BCUT2D eigenvalue weighted by atomic mass is 10.1. The number of sulfone groups is 1. The molecular formula is C15H9Cl3F3NO4S. The molecule has 1 amide bonds. The first-order valence-electron chi connectivity index (χ1n) is 6.87. The molecule has 0 saturated heterocycles. The minimum atomic E-state index is -5.59. The van der Waals surface area contributed by atoms with E-state index < -0.39 is 36.9 Å². The molecule has 2 N–H and O–H groups in total. The first-order valence-corrected chi connectivity index (χ1v) is 9.49. The molecule has 0 bridgehead atoms. The lowest BCUT2D eigenvalue weighted by Crippen LogP contribution is -2.23. The number of carbonyl (C=O) groups is 1. The van der Waals surface area contributed by atoms with Crippen molar-refractivity contribution in [3.05, 3.63) is 50.5 Å². The topological polar surface area (TPSA) is 83.5 Å². The number of phenols is 1. The van der Waals surface area contributed by atoms with Crippen molar-refractivity contribution >= 4 is 56.2 Å². The van der Waals surface area contributed by atoms with Gasteiger partial charge in [0.25, 0.3) is 15.7 Å². The Balaban J connectivity index is 2.42. The molecule has 5 nitrogen and oxygen atoms in total. The molecule has 2 aromatic carbocycles. The van der Waals surface area contributed by atoms with E-state index in [1.165, 1.54) is 13.0 Å². The van der Waals surface area contributed by atoms with Crippen LogP contribution in [0.1, 0.15) is 15.9 Å². The number of hydrogen-bond acceptors (Lipinski definition) is 4. The molecule has 27 heavy (non-hydrogen) atoms. The Kier molecular flexibility index (Phi) is 5.91. The van der Waals surface area contributed by atoms with Crippen molar-refractivity contribution in [2.45, 2.75) is 17.3 Å². The lowest BCUT2D eigenvalue weighted by molar-refractivity contribution is -0.0436. The summed E-state index contributed by atoms with van der Waals surface area (Å²) in [6.07, 6.45) is 0. The largest absolute Gasteiger partial charge is 0.506 e. The van der Waals surface area contributed by atoms with Crippen molar-refractivity contribution in [1.29, 1.82) is 0 Å². The predicted molar refractivity (Wildman–Crippen MR) is 95.5 cm³/mol. The maximum atomic E-state index is 12.6. The molecule has 0 heterocycles. The summed E-state index contributed by atoms with van der Waals surface area (Å²) in [5.41, 5.74) is -5.75. The van der Waals surface area contributed by atoms with Gasteiger partial charge < -0.3 is 10.4 Å². The molecule has 12 heteroatoms. The highest BCUT2D eigenvalue weighted by Gasteiger charge is 2.47. The smallest absolute Gasteiger partial charge is 0.501 e. The number of halogens is 6.